The second-order valence-electron chi connectivity index (χ2n) is 23.0. The Bertz CT molecular complexity index is 3250. The lowest BCUT2D eigenvalue weighted by Crippen LogP contribution is -2.63. The van der Waals surface area contributed by atoms with Gasteiger partial charge < -0.3 is 72.7 Å². The summed E-state index contributed by atoms with van der Waals surface area (Å²) in [5.74, 6) is -15.3. The number of carbonyl (C=O) groups excluding carboxylic acids is 6. The van der Waals surface area contributed by atoms with Crippen LogP contribution in [0.4, 0.5) is 5.69 Å². The zero-order valence-electron chi connectivity index (χ0n) is 46.3. The Balaban J connectivity index is 1.14. The lowest BCUT2D eigenvalue weighted by molar-refractivity contribution is -0.149. The van der Waals surface area contributed by atoms with Crippen molar-refractivity contribution >= 4 is 52.1 Å². The molecule has 430 valence electrons. The van der Waals surface area contributed by atoms with Crippen molar-refractivity contribution in [1.82, 2.24) is 15.1 Å². The van der Waals surface area contributed by atoms with Crippen molar-refractivity contribution in [2.75, 3.05) is 60.3 Å². The van der Waals surface area contributed by atoms with E-state index in [1.165, 1.54) is 23.9 Å². The maximum Gasteiger partial charge on any atom is 0.255 e. The molecule has 24 nitrogen and oxygen atoms in total. The number of primary amides is 2. The number of amides is 2. The van der Waals surface area contributed by atoms with Crippen LogP contribution >= 0.6 is 0 Å². The van der Waals surface area contributed by atoms with Crippen molar-refractivity contribution in [2.45, 2.75) is 97.1 Å². The number of ketones is 4. The van der Waals surface area contributed by atoms with Crippen LogP contribution in [0, 0.1) is 29.1 Å². The number of aromatic hydroxyl groups is 1. The molecule has 0 heterocycles. The lowest BCUT2D eigenvalue weighted by atomic mass is 9.58. The lowest BCUT2D eigenvalue weighted by Gasteiger charge is -2.50. The number of ether oxygens (including phenoxy) is 1. The molecule has 80 heavy (non-hydrogen) atoms. The van der Waals surface area contributed by atoms with Crippen LogP contribution in [-0.4, -0.2) is 170 Å². The highest BCUT2D eigenvalue weighted by molar-refractivity contribution is 6.26. The molecule has 8 rings (SSSR count). The van der Waals surface area contributed by atoms with Crippen molar-refractivity contribution in [3.63, 3.8) is 0 Å². The number of oxime groups is 2. The van der Waals surface area contributed by atoms with Gasteiger partial charge in [-0.05, 0) is 115 Å². The molecule has 0 fully saturated rings. The fraction of sp³-hybridized carbons (Fsp3) is 0.500. The normalized spacial score (nSPS) is 27.0. The first-order valence-electron chi connectivity index (χ1n) is 26.2. The molecule has 0 spiro atoms. The van der Waals surface area contributed by atoms with Gasteiger partial charge in [0.05, 0.1) is 40.3 Å². The van der Waals surface area contributed by atoms with Crippen molar-refractivity contribution in [2.24, 2.45) is 50.9 Å². The molecule has 2 aromatic carbocycles. The van der Waals surface area contributed by atoms with E-state index in [2.05, 4.69) is 15.6 Å². The van der Waals surface area contributed by atoms with E-state index in [1.807, 2.05) is 20.8 Å². The maximum absolute atomic E-state index is 15.0. The summed E-state index contributed by atoms with van der Waals surface area (Å²) in [4.78, 5) is 96.9. The van der Waals surface area contributed by atoms with Gasteiger partial charge in [-0.15, -0.1) is 0 Å². The van der Waals surface area contributed by atoms with Gasteiger partial charge >= 0.3 is 0 Å². The first-order valence-corrected chi connectivity index (χ1v) is 26.2. The van der Waals surface area contributed by atoms with E-state index in [4.69, 9.17) is 31.6 Å². The Morgan fingerprint density at radius 2 is 1.18 bits per heavy atom. The van der Waals surface area contributed by atoms with Crippen LogP contribution in [0.25, 0.3) is 0 Å². The van der Waals surface area contributed by atoms with Gasteiger partial charge in [-0.1, -0.05) is 31.1 Å². The van der Waals surface area contributed by atoms with E-state index >= 15 is 4.79 Å². The zero-order chi connectivity index (χ0) is 59.2. The average Bonchev–Trinajstić information content (AvgIpc) is 3.09. The Morgan fingerprint density at radius 3 is 1.62 bits per heavy atom. The third-order valence-electron chi connectivity index (χ3n) is 16.2. The third kappa shape index (κ3) is 9.24. The number of carbonyl (C=O) groups is 6. The first kappa shape index (κ1) is 58.5. The summed E-state index contributed by atoms with van der Waals surface area (Å²) >= 11 is 0. The Kier molecular flexibility index (Phi) is 15.4. The number of rotatable bonds is 16. The number of Topliss-reactive ketones (excluding diaryl/α,β-unsaturated/α-hetero) is 4. The van der Waals surface area contributed by atoms with Crippen molar-refractivity contribution in [3.8, 4) is 11.5 Å². The van der Waals surface area contributed by atoms with Crippen molar-refractivity contribution < 1.29 is 78.9 Å². The maximum atomic E-state index is 15.0. The SMILES string of the molecule is CCO/N=C(\C)c1cc(N)c(OCCO/N=C(\C)c2cc(CNCC(C)(C)C)c(O)c3c2C[C@H]2C[C@H]4[C@H](N(C)C)C(O)=C(C(N)=O)C(=O)[C@@]4(O)C(O)=C2C3=O)c2c1C[C@H]1C[C@H]3[C@H](N(C)C)C(O)=C(C(N)=O)C(=O)[C@@]3(O)C(O)=C1C2=O. The molecule has 0 unspecified atom stereocenters. The van der Waals surface area contributed by atoms with Crippen LogP contribution in [0.15, 0.2) is 67.8 Å². The smallest absolute Gasteiger partial charge is 0.255 e. The Hall–Kier alpha value is -7.64. The zero-order valence-corrected chi connectivity index (χ0v) is 46.3. The topological polar surface area (TPSA) is 393 Å². The number of nitrogens with zero attached hydrogens (tertiary/aromatic N) is 4. The molecular weight excluding hydrogens is 1040 g/mol. The quantitative estimate of drug-likeness (QED) is 0.0377. The van der Waals surface area contributed by atoms with Crippen LogP contribution in [0.5, 0.6) is 11.5 Å². The molecule has 0 radical (unpaired) electrons. The van der Waals surface area contributed by atoms with Gasteiger partial charge in [0.1, 0.15) is 53.1 Å². The fourth-order valence-corrected chi connectivity index (χ4v) is 12.8. The van der Waals surface area contributed by atoms with E-state index in [0.717, 1.165) is 0 Å². The van der Waals surface area contributed by atoms with Crippen LogP contribution in [0.2, 0.25) is 0 Å². The minimum Gasteiger partial charge on any atom is -0.510 e. The molecule has 8 atom stereocenters. The number of nitrogen functional groups attached to an aromatic ring is 1. The largest absolute Gasteiger partial charge is 0.510 e. The van der Waals surface area contributed by atoms with Gasteiger partial charge in [0.15, 0.2) is 35.1 Å². The molecule has 0 saturated carbocycles. The van der Waals surface area contributed by atoms with Gasteiger partial charge in [0, 0.05) is 52.8 Å². The molecule has 14 N–H and O–H groups in total. The monoisotopic (exact) mass is 1110 g/mol. The summed E-state index contributed by atoms with van der Waals surface area (Å²) in [6.07, 6.45) is -0.272. The van der Waals surface area contributed by atoms with E-state index in [-0.39, 0.29) is 102 Å². The fourth-order valence-electron chi connectivity index (χ4n) is 12.8. The van der Waals surface area contributed by atoms with Crippen LogP contribution < -0.4 is 27.3 Å². The number of nitrogens with one attached hydrogen (secondary N) is 1. The molecule has 2 aromatic rings. The minimum absolute atomic E-state index is 0.0239. The van der Waals surface area contributed by atoms with Gasteiger partial charge in [0.25, 0.3) is 11.8 Å². The van der Waals surface area contributed by atoms with Gasteiger partial charge in [-0.2, -0.15) is 0 Å². The number of hydrogen-bond acceptors (Lipinski definition) is 22. The number of nitrogens with two attached hydrogens (primary N) is 3. The van der Waals surface area contributed by atoms with Crippen LogP contribution in [0.1, 0.15) is 103 Å². The number of aliphatic hydroxyl groups is 6. The molecule has 0 aliphatic heterocycles. The number of likely N-dealkylation sites (N-methyl/N-ethyl adjacent to an activating group) is 2. The van der Waals surface area contributed by atoms with E-state index in [9.17, 15) is 59.7 Å². The number of allylic oxidation sites excluding steroid dienone is 2. The number of fused-ring (bicyclic) bond motifs is 6. The molecule has 0 saturated heterocycles. The molecule has 0 bridgehead atoms. The van der Waals surface area contributed by atoms with Crippen LogP contribution in [-0.2, 0) is 48.2 Å². The molecule has 0 aromatic heterocycles. The Morgan fingerprint density at radius 1 is 0.725 bits per heavy atom. The summed E-state index contributed by atoms with van der Waals surface area (Å²) in [6.45, 7) is 11.2. The second-order valence-corrected chi connectivity index (χ2v) is 23.0. The molecule has 2 amide bonds. The summed E-state index contributed by atoms with van der Waals surface area (Å²) in [5.41, 5.74) is 11.2. The standard InChI is InChI=1S/C56H70N8O16/c1-11-79-61-23(3)28-19-33(57)47(37-30(28)15-25-18-32-41(64(9)10)46(69)39(53(59)75)51(73)56(32,77)49(71)35(25)44(37)67)78-12-13-80-62-22(2)27-16-26(20-60-21-54(4,5)6)42(65)36-29(27)14-24-17-31-40(63(7)8)45(68)38(52(58)74)50(72)55(31,76)48(70)34(24)43(36)66/h16,19,24-25,31-32,40-41,60,65,68-71,76-77H,11-15,17-18,20-21,57H2,1-10H3,(H2,58,74)(H2,59,75)/b61-23+,62-22+/t24-,25-,31-,32-,40-,41-,55-,56-/m0/s1. The number of aliphatic hydroxyl groups excluding tert-OH is 4. The number of benzene rings is 2. The summed E-state index contributed by atoms with van der Waals surface area (Å²) < 4.78 is 6.22. The summed E-state index contributed by atoms with van der Waals surface area (Å²) in [7, 11) is 6.17. The summed E-state index contributed by atoms with van der Waals surface area (Å²) in [6, 6.07) is 0.833. The number of anilines is 1. The van der Waals surface area contributed by atoms with Gasteiger partial charge in [0.2, 0.25) is 11.6 Å². The highest BCUT2D eigenvalue weighted by atomic mass is 16.6. The van der Waals surface area contributed by atoms with E-state index in [1.54, 1.807) is 47.0 Å². The first-order chi connectivity index (χ1) is 37.4. The summed E-state index contributed by atoms with van der Waals surface area (Å²) in [5, 5.41) is 94.6. The predicted molar refractivity (Wildman–Crippen MR) is 289 cm³/mol. The third-order valence-corrected chi connectivity index (χ3v) is 16.2. The second kappa shape index (κ2) is 21.1. The number of phenolic OH excluding ortho intramolecular Hbond substituents is 1. The highest BCUT2D eigenvalue weighted by Gasteiger charge is 2.65. The highest BCUT2D eigenvalue weighted by Crippen LogP contribution is 2.55. The van der Waals surface area contributed by atoms with Crippen LogP contribution in [0.3, 0.4) is 0 Å². The van der Waals surface area contributed by atoms with E-state index in [0.29, 0.717) is 34.5 Å². The predicted octanol–water partition coefficient (Wildman–Crippen LogP) is 2.15. The van der Waals surface area contributed by atoms with Gasteiger partial charge in [-0.25, -0.2) is 0 Å². The number of hydrogen-bond donors (Lipinski definition) is 11. The molecular formula is C56H70N8O16. The van der Waals surface area contributed by atoms with Crippen molar-refractivity contribution in [1.29, 1.82) is 0 Å². The Labute approximate surface area is 460 Å². The molecule has 24 heteroatoms. The molecule has 6 aliphatic carbocycles. The minimum atomic E-state index is -2.84. The van der Waals surface area contributed by atoms with Crippen molar-refractivity contribution in [3.05, 3.63) is 96.4 Å². The average molecular weight is 1110 g/mol. The number of phenols is 1. The van der Waals surface area contributed by atoms with Gasteiger partial charge in [-0.3, -0.25) is 38.6 Å². The molecule has 6 aliphatic rings. The van der Waals surface area contributed by atoms with E-state index < -0.39 is 122 Å².